The summed E-state index contributed by atoms with van der Waals surface area (Å²) in [6.07, 6.45) is 1.82. The molecule has 22 heavy (non-hydrogen) atoms. The number of pyridine rings is 1. The molecule has 0 radical (unpaired) electrons. The van der Waals surface area contributed by atoms with Crippen molar-refractivity contribution in [3.05, 3.63) is 60.6 Å². The highest BCUT2D eigenvalue weighted by molar-refractivity contribution is 5.81. The summed E-state index contributed by atoms with van der Waals surface area (Å²) >= 11 is 0. The maximum Gasteiger partial charge on any atom is 0.199 e. The summed E-state index contributed by atoms with van der Waals surface area (Å²) in [6.45, 7) is 0.00360. The van der Waals surface area contributed by atoms with Gasteiger partial charge in [-0.05, 0) is 24.3 Å². The summed E-state index contributed by atoms with van der Waals surface area (Å²) in [5.41, 5.74) is 0.665. The molecule has 0 amide bonds. The Hall–Kier alpha value is -3.02. The zero-order chi connectivity index (χ0) is 15.2. The SMILES string of the molecule is O=C(COc1ccccc1)Cc1nc(-c2ccccn2)n[nH]1. The highest BCUT2D eigenvalue weighted by Gasteiger charge is 2.11. The summed E-state index contributed by atoms with van der Waals surface area (Å²) in [6, 6.07) is 14.7. The Bertz CT molecular complexity index is 741. The van der Waals surface area contributed by atoms with Crippen LogP contribution in [0.4, 0.5) is 0 Å². The van der Waals surface area contributed by atoms with Gasteiger partial charge in [0.2, 0.25) is 0 Å². The second kappa shape index (κ2) is 6.62. The van der Waals surface area contributed by atoms with E-state index in [0.717, 1.165) is 0 Å². The smallest absolute Gasteiger partial charge is 0.199 e. The van der Waals surface area contributed by atoms with Gasteiger partial charge in [0.1, 0.15) is 23.9 Å². The first kappa shape index (κ1) is 13.9. The van der Waals surface area contributed by atoms with Crippen LogP contribution >= 0.6 is 0 Å². The number of hydrogen-bond donors (Lipinski definition) is 1. The summed E-state index contributed by atoms with van der Waals surface area (Å²) < 4.78 is 5.41. The molecule has 0 unspecified atom stereocenters. The van der Waals surface area contributed by atoms with E-state index in [4.69, 9.17) is 4.74 Å². The topological polar surface area (TPSA) is 80.8 Å². The molecule has 0 spiro atoms. The molecule has 0 fully saturated rings. The molecular formula is C16H14N4O2. The molecule has 1 N–H and O–H groups in total. The number of carbonyl (C=O) groups excluding carboxylic acids is 1. The zero-order valence-corrected chi connectivity index (χ0v) is 11.8. The zero-order valence-electron chi connectivity index (χ0n) is 11.8. The molecule has 110 valence electrons. The molecule has 6 heteroatoms. The minimum atomic E-state index is -0.0763. The molecule has 6 nitrogen and oxygen atoms in total. The number of ketones is 1. The van der Waals surface area contributed by atoms with Crippen molar-refractivity contribution in [2.75, 3.05) is 6.61 Å². The molecule has 0 bridgehead atoms. The van der Waals surface area contributed by atoms with Gasteiger partial charge in [0, 0.05) is 6.20 Å². The highest BCUT2D eigenvalue weighted by Crippen LogP contribution is 2.11. The maximum absolute atomic E-state index is 11.9. The van der Waals surface area contributed by atoms with Crippen LogP contribution in [0.3, 0.4) is 0 Å². The van der Waals surface area contributed by atoms with Crippen LogP contribution in [0.15, 0.2) is 54.7 Å². The molecule has 0 aliphatic heterocycles. The van der Waals surface area contributed by atoms with Crippen LogP contribution in [0, 0.1) is 0 Å². The number of H-pyrrole nitrogens is 1. The second-order valence-corrected chi connectivity index (χ2v) is 4.64. The lowest BCUT2D eigenvalue weighted by atomic mass is 10.3. The van der Waals surface area contributed by atoms with E-state index in [-0.39, 0.29) is 18.8 Å². The summed E-state index contributed by atoms with van der Waals surface area (Å²) in [7, 11) is 0. The first-order valence-corrected chi connectivity index (χ1v) is 6.83. The van der Waals surface area contributed by atoms with Crippen LogP contribution in [-0.4, -0.2) is 32.6 Å². The van der Waals surface area contributed by atoms with Gasteiger partial charge >= 0.3 is 0 Å². The van der Waals surface area contributed by atoms with Crippen molar-refractivity contribution < 1.29 is 9.53 Å². The minimum absolute atomic E-state index is 0.00360. The third-order valence-corrected chi connectivity index (χ3v) is 2.93. The standard InChI is InChI=1S/C16H14N4O2/c21-12(11-22-13-6-2-1-3-7-13)10-15-18-16(20-19-15)14-8-4-5-9-17-14/h1-9H,10-11H2,(H,18,19,20). The molecule has 0 aliphatic carbocycles. The van der Waals surface area contributed by atoms with E-state index in [0.29, 0.717) is 23.1 Å². The average molecular weight is 294 g/mol. The van der Waals surface area contributed by atoms with Gasteiger partial charge in [-0.2, -0.15) is 5.10 Å². The number of nitrogens with one attached hydrogen (secondary N) is 1. The monoisotopic (exact) mass is 294 g/mol. The molecule has 2 heterocycles. The van der Waals surface area contributed by atoms with Gasteiger partial charge in [0.15, 0.2) is 11.6 Å². The van der Waals surface area contributed by atoms with E-state index in [2.05, 4.69) is 20.2 Å². The third-order valence-electron chi connectivity index (χ3n) is 2.93. The van der Waals surface area contributed by atoms with Crippen molar-refractivity contribution in [2.24, 2.45) is 0 Å². The Morgan fingerprint density at radius 2 is 1.91 bits per heavy atom. The van der Waals surface area contributed by atoms with E-state index < -0.39 is 0 Å². The van der Waals surface area contributed by atoms with E-state index in [9.17, 15) is 4.79 Å². The van der Waals surface area contributed by atoms with Crippen molar-refractivity contribution >= 4 is 5.78 Å². The van der Waals surface area contributed by atoms with Crippen LogP contribution in [-0.2, 0) is 11.2 Å². The second-order valence-electron chi connectivity index (χ2n) is 4.64. The number of benzene rings is 1. The fraction of sp³-hybridized carbons (Fsp3) is 0.125. The van der Waals surface area contributed by atoms with Crippen LogP contribution in [0.5, 0.6) is 5.75 Å². The molecule has 1 aromatic carbocycles. The maximum atomic E-state index is 11.9. The van der Waals surface area contributed by atoms with Crippen LogP contribution in [0.2, 0.25) is 0 Å². The fourth-order valence-electron chi connectivity index (χ4n) is 1.90. The van der Waals surface area contributed by atoms with Gasteiger partial charge in [0.05, 0.1) is 6.42 Å². The number of carbonyl (C=O) groups is 1. The van der Waals surface area contributed by atoms with Crippen LogP contribution in [0.1, 0.15) is 5.82 Å². The normalized spacial score (nSPS) is 10.4. The fourth-order valence-corrected chi connectivity index (χ4v) is 1.90. The average Bonchev–Trinajstić information content (AvgIpc) is 3.03. The van der Waals surface area contributed by atoms with Crippen molar-refractivity contribution in [1.82, 2.24) is 20.2 Å². The molecule has 0 saturated carbocycles. The summed E-state index contributed by atoms with van der Waals surface area (Å²) in [5, 5.41) is 6.82. The van der Waals surface area contributed by atoms with Crippen molar-refractivity contribution in [1.29, 1.82) is 0 Å². The van der Waals surface area contributed by atoms with Gasteiger partial charge in [-0.1, -0.05) is 24.3 Å². The largest absolute Gasteiger partial charge is 0.486 e. The highest BCUT2D eigenvalue weighted by atomic mass is 16.5. The quantitative estimate of drug-likeness (QED) is 0.752. The molecule has 3 rings (SSSR count). The number of nitrogens with zero attached hydrogens (tertiary/aromatic N) is 3. The van der Waals surface area contributed by atoms with Gasteiger partial charge < -0.3 is 4.74 Å². The predicted molar refractivity (Wildman–Crippen MR) is 80.3 cm³/mol. The molecule has 0 atom stereocenters. The van der Waals surface area contributed by atoms with Crippen LogP contribution in [0.25, 0.3) is 11.5 Å². The number of hydrogen-bond acceptors (Lipinski definition) is 5. The first-order chi connectivity index (χ1) is 10.8. The number of rotatable bonds is 6. The minimum Gasteiger partial charge on any atom is -0.486 e. The Labute approximate surface area is 127 Å². The Balaban J connectivity index is 1.57. The van der Waals surface area contributed by atoms with Gasteiger partial charge in [-0.3, -0.25) is 14.9 Å². The molecular weight excluding hydrogens is 280 g/mol. The van der Waals surface area contributed by atoms with E-state index in [1.165, 1.54) is 0 Å². The van der Waals surface area contributed by atoms with Crippen LogP contribution < -0.4 is 4.74 Å². The summed E-state index contributed by atoms with van der Waals surface area (Å²) in [4.78, 5) is 20.3. The third kappa shape index (κ3) is 3.54. The van der Waals surface area contributed by atoms with Gasteiger partial charge in [0.25, 0.3) is 0 Å². The van der Waals surface area contributed by atoms with E-state index >= 15 is 0 Å². The van der Waals surface area contributed by atoms with Crippen molar-refractivity contribution in [2.45, 2.75) is 6.42 Å². The van der Waals surface area contributed by atoms with E-state index in [1.54, 1.807) is 18.3 Å². The lowest BCUT2D eigenvalue weighted by Crippen LogP contribution is -2.14. The number of aromatic nitrogens is 4. The van der Waals surface area contributed by atoms with E-state index in [1.807, 2.05) is 36.4 Å². The number of aromatic amines is 1. The van der Waals surface area contributed by atoms with Gasteiger partial charge in [-0.15, -0.1) is 0 Å². The number of ether oxygens (including phenoxy) is 1. The number of para-hydroxylation sites is 1. The lowest BCUT2D eigenvalue weighted by molar-refractivity contribution is -0.120. The molecule has 2 aromatic heterocycles. The predicted octanol–water partition coefficient (Wildman–Crippen LogP) is 2.06. The Morgan fingerprint density at radius 3 is 2.68 bits per heavy atom. The number of Topliss-reactive ketones (excluding diaryl/α,β-unsaturated/α-hetero) is 1. The summed E-state index contributed by atoms with van der Waals surface area (Å²) in [5.74, 6) is 1.57. The Kier molecular flexibility index (Phi) is 4.20. The molecule has 3 aromatic rings. The molecule has 0 saturated heterocycles. The van der Waals surface area contributed by atoms with Crippen molar-refractivity contribution in [3.63, 3.8) is 0 Å². The molecule has 0 aliphatic rings. The first-order valence-electron chi connectivity index (χ1n) is 6.83. The Morgan fingerprint density at radius 1 is 1.09 bits per heavy atom. The van der Waals surface area contributed by atoms with Gasteiger partial charge in [-0.25, -0.2) is 4.98 Å². The lowest BCUT2D eigenvalue weighted by Gasteiger charge is -2.03. The van der Waals surface area contributed by atoms with Crippen molar-refractivity contribution in [3.8, 4) is 17.3 Å².